The van der Waals surface area contributed by atoms with Crippen LogP contribution in [0.4, 0.5) is 0 Å². The summed E-state index contributed by atoms with van der Waals surface area (Å²) in [6, 6.07) is 14.5. The predicted molar refractivity (Wildman–Crippen MR) is 149 cm³/mol. The molecule has 1 aliphatic heterocycles. The number of aliphatic hydroxyl groups is 1. The number of carbonyl (C=O) groups excluding carboxylic acids is 2. The van der Waals surface area contributed by atoms with Crippen molar-refractivity contribution in [2.75, 3.05) is 33.8 Å². The molecule has 198 valence electrons. The molecule has 4 aromatic rings. The van der Waals surface area contributed by atoms with Crippen molar-refractivity contribution in [1.29, 1.82) is 0 Å². The molecule has 0 saturated heterocycles. The van der Waals surface area contributed by atoms with Gasteiger partial charge in [0.15, 0.2) is 10.7 Å². The number of carbonyl (C=O) groups is 2. The van der Waals surface area contributed by atoms with Crippen molar-refractivity contribution in [2.24, 2.45) is 0 Å². The first-order valence-corrected chi connectivity index (χ1v) is 13.7. The van der Waals surface area contributed by atoms with Gasteiger partial charge in [-0.15, -0.1) is 0 Å². The fraction of sp³-hybridized carbons (Fsp3) is 0.345. The van der Waals surface area contributed by atoms with Crippen LogP contribution in [0, 0.1) is 6.92 Å². The standard InChI is InChI=1S/C29H32N4O4S/c1-5-16-37-20-11-8-10-19(17-20)24-23(26(35)28(36)32(24)15-9-14-31(3)4)25(34)27-18(2)33-22-13-7-6-12-21(22)30-29(33)38-27/h6-8,10-13,17,24,35H,5,9,14-16H2,1-4H3. The van der Waals surface area contributed by atoms with E-state index in [9.17, 15) is 14.7 Å². The molecule has 38 heavy (non-hydrogen) atoms. The third-order valence-corrected chi connectivity index (χ3v) is 7.93. The van der Waals surface area contributed by atoms with Crippen molar-refractivity contribution in [3.63, 3.8) is 0 Å². The monoisotopic (exact) mass is 532 g/mol. The number of para-hydroxylation sites is 2. The second kappa shape index (κ2) is 10.6. The van der Waals surface area contributed by atoms with Gasteiger partial charge in [-0.2, -0.15) is 0 Å². The summed E-state index contributed by atoms with van der Waals surface area (Å²) in [7, 11) is 3.95. The van der Waals surface area contributed by atoms with Crippen molar-refractivity contribution in [1.82, 2.24) is 19.2 Å². The Morgan fingerprint density at radius 2 is 1.97 bits per heavy atom. The van der Waals surface area contributed by atoms with E-state index in [-0.39, 0.29) is 11.4 Å². The first-order chi connectivity index (χ1) is 18.3. The number of aromatic nitrogens is 2. The molecular weight excluding hydrogens is 500 g/mol. The van der Waals surface area contributed by atoms with Gasteiger partial charge in [-0.25, -0.2) is 4.98 Å². The first-order valence-electron chi connectivity index (χ1n) is 12.8. The van der Waals surface area contributed by atoms with Crippen LogP contribution in [0.2, 0.25) is 0 Å². The fourth-order valence-electron chi connectivity index (χ4n) is 5.01. The van der Waals surface area contributed by atoms with Gasteiger partial charge in [-0.05, 0) is 70.2 Å². The zero-order valence-electron chi connectivity index (χ0n) is 22.1. The Labute approximate surface area is 225 Å². The molecule has 0 radical (unpaired) electrons. The summed E-state index contributed by atoms with van der Waals surface area (Å²) in [4.78, 5) is 37.0. The van der Waals surface area contributed by atoms with E-state index in [1.54, 1.807) is 4.90 Å². The predicted octanol–water partition coefficient (Wildman–Crippen LogP) is 5.18. The number of aryl methyl sites for hydroxylation is 1. The zero-order chi connectivity index (χ0) is 27.0. The number of imidazole rings is 1. The van der Waals surface area contributed by atoms with Gasteiger partial charge in [0.1, 0.15) is 5.75 Å². The molecule has 1 N–H and O–H groups in total. The molecule has 1 aliphatic rings. The van der Waals surface area contributed by atoms with E-state index in [1.165, 1.54) is 11.3 Å². The van der Waals surface area contributed by atoms with Gasteiger partial charge in [0, 0.05) is 12.2 Å². The average molecular weight is 533 g/mol. The lowest BCUT2D eigenvalue weighted by Crippen LogP contribution is -2.33. The Balaban J connectivity index is 1.58. The summed E-state index contributed by atoms with van der Waals surface area (Å²) < 4.78 is 7.81. The molecule has 0 bridgehead atoms. The molecule has 0 aliphatic carbocycles. The molecule has 1 unspecified atom stereocenters. The van der Waals surface area contributed by atoms with E-state index in [2.05, 4.69) is 4.98 Å². The second-order valence-electron chi connectivity index (χ2n) is 9.81. The fourth-order valence-corrected chi connectivity index (χ4v) is 6.11. The van der Waals surface area contributed by atoms with Crippen molar-refractivity contribution in [2.45, 2.75) is 32.7 Å². The van der Waals surface area contributed by atoms with Crippen LogP contribution < -0.4 is 4.74 Å². The minimum absolute atomic E-state index is 0.101. The van der Waals surface area contributed by atoms with Gasteiger partial charge < -0.3 is 19.6 Å². The van der Waals surface area contributed by atoms with Crippen molar-refractivity contribution in [3.8, 4) is 5.75 Å². The van der Waals surface area contributed by atoms with Crippen LogP contribution in [0.5, 0.6) is 5.75 Å². The molecule has 5 rings (SSSR count). The van der Waals surface area contributed by atoms with Gasteiger partial charge in [0.05, 0.1) is 34.1 Å². The number of ketones is 1. The van der Waals surface area contributed by atoms with Crippen LogP contribution >= 0.6 is 11.3 Å². The second-order valence-corrected chi connectivity index (χ2v) is 10.8. The molecule has 0 spiro atoms. The van der Waals surface area contributed by atoms with E-state index >= 15 is 0 Å². The Morgan fingerprint density at radius 3 is 2.74 bits per heavy atom. The number of thiazole rings is 1. The molecule has 3 heterocycles. The lowest BCUT2D eigenvalue weighted by atomic mass is 9.94. The Hall–Kier alpha value is -3.69. The van der Waals surface area contributed by atoms with E-state index in [1.807, 2.05) is 85.8 Å². The summed E-state index contributed by atoms with van der Waals surface area (Å²) in [6.45, 7) is 5.65. The summed E-state index contributed by atoms with van der Waals surface area (Å²) in [5.41, 5.74) is 3.34. The summed E-state index contributed by atoms with van der Waals surface area (Å²) in [5, 5.41) is 11.1. The minimum Gasteiger partial charge on any atom is -0.503 e. The number of fused-ring (bicyclic) bond motifs is 3. The highest BCUT2D eigenvalue weighted by Gasteiger charge is 2.44. The summed E-state index contributed by atoms with van der Waals surface area (Å²) >= 11 is 1.28. The third-order valence-electron chi connectivity index (χ3n) is 6.79. The average Bonchev–Trinajstić information content (AvgIpc) is 3.51. The molecule has 2 aromatic carbocycles. The number of hydrogen-bond donors (Lipinski definition) is 1. The van der Waals surface area contributed by atoms with E-state index in [4.69, 9.17) is 4.74 Å². The van der Waals surface area contributed by atoms with Crippen molar-refractivity contribution < 1.29 is 19.4 Å². The largest absolute Gasteiger partial charge is 0.503 e. The number of amides is 1. The Kier molecular flexibility index (Phi) is 7.23. The molecule has 9 heteroatoms. The highest BCUT2D eigenvalue weighted by Crippen LogP contribution is 2.41. The van der Waals surface area contributed by atoms with Crippen molar-refractivity contribution >= 4 is 39.0 Å². The highest BCUT2D eigenvalue weighted by molar-refractivity contribution is 7.19. The van der Waals surface area contributed by atoms with Gasteiger partial charge in [-0.3, -0.25) is 14.0 Å². The minimum atomic E-state index is -0.715. The van der Waals surface area contributed by atoms with Gasteiger partial charge in [0.2, 0.25) is 5.78 Å². The molecule has 0 fully saturated rings. The van der Waals surface area contributed by atoms with Crippen LogP contribution in [0.25, 0.3) is 16.0 Å². The first kappa shape index (κ1) is 25.9. The maximum absolute atomic E-state index is 14.1. The van der Waals surface area contributed by atoms with E-state index < -0.39 is 17.7 Å². The smallest absolute Gasteiger partial charge is 0.290 e. The number of ether oxygens (including phenoxy) is 1. The number of nitrogens with zero attached hydrogens (tertiary/aromatic N) is 4. The summed E-state index contributed by atoms with van der Waals surface area (Å²) in [5.74, 6) is -0.699. The van der Waals surface area contributed by atoms with Crippen molar-refractivity contribution in [3.05, 3.63) is 76.0 Å². The maximum atomic E-state index is 14.1. The Bertz CT molecular complexity index is 1550. The Morgan fingerprint density at radius 1 is 1.18 bits per heavy atom. The van der Waals surface area contributed by atoms with Crippen LogP contribution in [-0.2, 0) is 4.79 Å². The summed E-state index contributed by atoms with van der Waals surface area (Å²) in [6.07, 6.45) is 1.56. The molecule has 1 atom stereocenters. The van der Waals surface area contributed by atoms with E-state index in [0.29, 0.717) is 35.2 Å². The third kappa shape index (κ3) is 4.56. The maximum Gasteiger partial charge on any atom is 0.290 e. The normalized spacial score (nSPS) is 16.0. The van der Waals surface area contributed by atoms with Gasteiger partial charge >= 0.3 is 0 Å². The number of aliphatic hydroxyl groups excluding tert-OH is 1. The molecular formula is C29H32N4O4S. The van der Waals surface area contributed by atoms with Gasteiger partial charge in [-0.1, -0.05) is 42.5 Å². The molecule has 2 aromatic heterocycles. The topological polar surface area (TPSA) is 87.4 Å². The lowest BCUT2D eigenvalue weighted by Gasteiger charge is -2.27. The molecule has 1 amide bonds. The highest BCUT2D eigenvalue weighted by atomic mass is 32.1. The lowest BCUT2D eigenvalue weighted by molar-refractivity contribution is -0.129. The number of rotatable bonds is 10. The molecule has 0 saturated carbocycles. The number of Topliss-reactive ketones (excluding diaryl/α,β-unsaturated/α-hetero) is 1. The number of benzene rings is 2. The van der Waals surface area contributed by atoms with Crippen LogP contribution in [0.3, 0.4) is 0 Å². The molecule has 8 nitrogen and oxygen atoms in total. The van der Waals surface area contributed by atoms with Crippen LogP contribution in [0.15, 0.2) is 59.9 Å². The zero-order valence-corrected chi connectivity index (χ0v) is 22.9. The van der Waals surface area contributed by atoms with Crippen LogP contribution in [-0.4, -0.2) is 69.8 Å². The van der Waals surface area contributed by atoms with Gasteiger partial charge in [0.25, 0.3) is 5.91 Å². The quantitative estimate of drug-likeness (QED) is 0.283. The van der Waals surface area contributed by atoms with Crippen LogP contribution in [0.1, 0.15) is 46.7 Å². The van der Waals surface area contributed by atoms with E-state index in [0.717, 1.165) is 35.3 Å². The number of hydrogen-bond acceptors (Lipinski definition) is 7. The SMILES string of the molecule is CCCOc1cccc(C2C(C(=O)c3sc4nc5ccccc5n4c3C)=C(O)C(=O)N2CCCN(C)C)c1.